The third kappa shape index (κ3) is 2.27. The smallest absolute Gasteiger partial charge is 0.161 e. The first-order chi connectivity index (χ1) is 11.4. The van der Waals surface area contributed by atoms with Crippen LogP contribution in [-0.2, 0) is 17.8 Å². The van der Waals surface area contributed by atoms with Gasteiger partial charge in [0.25, 0.3) is 0 Å². The Morgan fingerprint density at radius 2 is 2.08 bits per heavy atom. The summed E-state index contributed by atoms with van der Waals surface area (Å²) >= 11 is 1.60. The van der Waals surface area contributed by atoms with Crippen molar-refractivity contribution in [2.75, 3.05) is 5.43 Å². The van der Waals surface area contributed by atoms with Gasteiger partial charge >= 0.3 is 0 Å². The lowest BCUT2D eigenvalue weighted by Gasteiger charge is -2.33. The molecule has 4 heterocycles. The van der Waals surface area contributed by atoms with Crippen molar-refractivity contribution in [1.29, 1.82) is 0 Å². The fourth-order valence-corrected chi connectivity index (χ4v) is 4.53. The van der Waals surface area contributed by atoms with Crippen LogP contribution >= 0.6 is 11.3 Å². The monoisotopic (exact) mass is 343 g/mol. The summed E-state index contributed by atoms with van der Waals surface area (Å²) in [5.41, 5.74) is 7.06. The summed E-state index contributed by atoms with van der Waals surface area (Å²) in [6, 6.07) is 0. The number of ether oxygens (including phenoxy) is 1. The molecule has 6 nitrogen and oxygen atoms in total. The molecule has 7 heteroatoms. The van der Waals surface area contributed by atoms with Gasteiger partial charge in [0.15, 0.2) is 5.82 Å². The van der Waals surface area contributed by atoms with Gasteiger partial charge in [-0.2, -0.15) is 0 Å². The van der Waals surface area contributed by atoms with Gasteiger partial charge in [0.1, 0.15) is 11.2 Å². The van der Waals surface area contributed by atoms with Crippen LogP contribution in [0.3, 0.4) is 0 Å². The number of rotatable bonds is 2. The fourth-order valence-electron chi connectivity index (χ4n) is 3.41. The van der Waals surface area contributed by atoms with E-state index in [1.165, 1.54) is 11.1 Å². The third-order valence-corrected chi connectivity index (χ3v) is 5.62. The molecule has 0 amide bonds. The Balaban J connectivity index is 2.13. The Morgan fingerprint density at radius 1 is 1.29 bits per heavy atom. The molecule has 0 radical (unpaired) electrons. The minimum Gasteiger partial charge on any atom is -0.370 e. The number of nitrogens with one attached hydrogen (secondary N) is 1. The molecule has 0 spiro atoms. The van der Waals surface area contributed by atoms with Crippen molar-refractivity contribution in [2.24, 2.45) is 5.84 Å². The maximum absolute atomic E-state index is 6.06. The molecule has 0 saturated heterocycles. The van der Waals surface area contributed by atoms with Crippen LogP contribution in [0.25, 0.3) is 20.4 Å². The average molecular weight is 343 g/mol. The molecule has 0 atom stereocenters. The standard InChI is InChI=1S/C17H21N5OS/c1-8(2)12-10-6-23-17(3,4)5-9(10)11-13-14(24-16(11)21-12)15(22-18)20-7-19-13/h7-8H,5-6,18H2,1-4H3,(H,19,20,22). The summed E-state index contributed by atoms with van der Waals surface area (Å²) in [4.78, 5) is 14.7. The van der Waals surface area contributed by atoms with Crippen LogP contribution in [0.2, 0.25) is 0 Å². The second-order valence-electron chi connectivity index (χ2n) is 7.16. The Kier molecular flexibility index (Phi) is 3.49. The molecule has 0 unspecified atom stereocenters. The van der Waals surface area contributed by atoms with E-state index in [0.29, 0.717) is 18.3 Å². The van der Waals surface area contributed by atoms with E-state index in [9.17, 15) is 0 Å². The van der Waals surface area contributed by atoms with Gasteiger partial charge in [-0.25, -0.2) is 20.8 Å². The number of pyridine rings is 1. The highest BCUT2D eigenvalue weighted by atomic mass is 32.1. The highest BCUT2D eigenvalue weighted by molar-refractivity contribution is 7.26. The molecule has 3 aromatic heterocycles. The molecule has 0 bridgehead atoms. The molecule has 3 aromatic rings. The molecule has 1 aliphatic rings. The van der Waals surface area contributed by atoms with Gasteiger partial charge in [0.05, 0.1) is 28.1 Å². The maximum Gasteiger partial charge on any atom is 0.161 e. The normalized spacial score (nSPS) is 16.8. The summed E-state index contributed by atoms with van der Waals surface area (Å²) < 4.78 is 7.02. The van der Waals surface area contributed by atoms with E-state index in [1.54, 1.807) is 17.7 Å². The third-order valence-electron chi connectivity index (χ3n) is 4.54. The van der Waals surface area contributed by atoms with Crippen molar-refractivity contribution in [3.63, 3.8) is 0 Å². The van der Waals surface area contributed by atoms with Crippen LogP contribution in [0.5, 0.6) is 0 Å². The molecule has 3 N–H and O–H groups in total. The Bertz CT molecular complexity index is 947. The van der Waals surface area contributed by atoms with Crippen molar-refractivity contribution in [3.05, 3.63) is 23.1 Å². The molecule has 126 valence electrons. The highest BCUT2D eigenvalue weighted by Gasteiger charge is 2.32. The zero-order chi connectivity index (χ0) is 17.1. The van der Waals surface area contributed by atoms with E-state index < -0.39 is 0 Å². The zero-order valence-electron chi connectivity index (χ0n) is 14.3. The molecule has 0 aliphatic carbocycles. The summed E-state index contributed by atoms with van der Waals surface area (Å²) in [7, 11) is 0. The number of fused-ring (bicyclic) bond motifs is 5. The molecular weight excluding hydrogens is 322 g/mol. The van der Waals surface area contributed by atoms with Crippen molar-refractivity contribution in [1.82, 2.24) is 15.0 Å². The maximum atomic E-state index is 6.06. The zero-order valence-corrected chi connectivity index (χ0v) is 15.1. The van der Waals surface area contributed by atoms with Gasteiger partial charge in [-0.15, -0.1) is 11.3 Å². The average Bonchev–Trinajstić information content (AvgIpc) is 2.91. The van der Waals surface area contributed by atoms with Crippen LogP contribution < -0.4 is 11.3 Å². The van der Waals surface area contributed by atoms with Gasteiger partial charge < -0.3 is 10.2 Å². The first kappa shape index (κ1) is 15.7. The lowest BCUT2D eigenvalue weighted by molar-refractivity contribution is -0.0402. The number of aromatic nitrogens is 3. The Hall–Kier alpha value is -1.83. The second-order valence-corrected chi connectivity index (χ2v) is 8.16. The van der Waals surface area contributed by atoms with Crippen molar-refractivity contribution >= 4 is 37.6 Å². The van der Waals surface area contributed by atoms with Crippen LogP contribution in [0, 0.1) is 0 Å². The van der Waals surface area contributed by atoms with Crippen LogP contribution in [0.1, 0.15) is 50.4 Å². The first-order valence-corrected chi connectivity index (χ1v) is 8.92. The molecule has 1 aliphatic heterocycles. The van der Waals surface area contributed by atoms with E-state index in [0.717, 1.165) is 32.5 Å². The van der Waals surface area contributed by atoms with Crippen molar-refractivity contribution in [2.45, 2.75) is 52.2 Å². The van der Waals surface area contributed by atoms with Gasteiger partial charge in [0, 0.05) is 17.4 Å². The summed E-state index contributed by atoms with van der Waals surface area (Å²) in [6.45, 7) is 9.22. The van der Waals surface area contributed by atoms with Gasteiger partial charge in [-0.05, 0) is 25.3 Å². The molecule has 0 saturated carbocycles. The predicted octanol–water partition coefficient (Wildman–Crippen LogP) is 3.50. The number of hydrogen-bond donors (Lipinski definition) is 2. The highest BCUT2D eigenvalue weighted by Crippen LogP contribution is 2.42. The van der Waals surface area contributed by atoms with E-state index in [2.05, 4.69) is 43.1 Å². The van der Waals surface area contributed by atoms with Crippen LogP contribution in [0.4, 0.5) is 5.82 Å². The largest absolute Gasteiger partial charge is 0.370 e. The van der Waals surface area contributed by atoms with E-state index in [1.807, 2.05) is 0 Å². The predicted molar refractivity (Wildman–Crippen MR) is 97.2 cm³/mol. The van der Waals surface area contributed by atoms with Gasteiger partial charge in [-0.3, -0.25) is 0 Å². The summed E-state index contributed by atoms with van der Waals surface area (Å²) in [5, 5.41) is 1.13. The van der Waals surface area contributed by atoms with E-state index in [4.69, 9.17) is 15.6 Å². The number of hydrazine groups is 1. The minimum atomic E-state index is -0.189. The number of nitrogens with zero attached hydrogens (tertiary/aromatic N) is 3. The van der Waals surface area contributed by atoms with Crippen molar-refractivity contribution < 1.29 is 4.74 Å². The Labute approximate surface area is 144 Å². The molecule has 0 fully saturated rings. The number of thiophene rings is 1. The molecular formula is C17H21N5OS. The van der Waals surface area contributed by atoms with Crippen LogP contribution in [-0.4, -0.2) is 20.6 Å². The summed E-state index contributed by atoms with van der Waals surface area (Å²) in [6.07, 6.45) is 2.40. The van der Waals surface area contributed by atoms with Crippen LogP contribution in [0.15, 0.2) is 6.33 Å². The number of nitrogens with two attached hydrogens (primary N) is 1. The minimum absolute atomic E-state index is 0.189. The first-order valence-electron chi connectivity index (χ1n) is 8.10. The lowest BCUT2D eigenvalue weighted by atomic mass is 9.87. The number of hydrogen-bond acceptors (Lipinski definition) is 7. The van der Waals surface area contributed by atoms with E-state index in [-0.39, 0.29) is 5.60 Å². The second kappa shape index (κ2) is 5.34. The molecule has 4 rings (SSSR count). The molecule has 0 aromatic carbocycles. The van der Waals surface area contributed by atoms with E-state index >= 15 is 0 Å². The Morgan fingerprint density at radius 3 is 2.79 bits per heavy atom. The molecule has 24 heavy (non-hydrogen) atoms. The number of nitrogen functional groups attached to an aromatic ring is 1. The lowest BCUT2D eigenvalue weighted by Crippen LogP contribution is -2.32. The van der Waals surface area contributed by atoms with Gasteiger partial charge in [-0.1, -0.05) is 13.8 Å². The fraction of sp³-hybridized carbons (Fsp3) is 0.471. The number of anilines is 1. The quantitative estimate of drug-likeness (QED) is 0.547. The summed E-state index contributed by atoms with van der Waals surface area (Å²) in [5.74, 6) is 6.61. The topological polar surface area (TPSA) is 86.0 Å². The SMILES string of the molecule is CC(C)c1nc2sc3c(NN)ncnc3c2c2c1COC(C)(C)C2. The van der Waals surface area contributed by atoms with Crippen molar-refractivity contribution in [3.8, 4) is 0 Å². The van der Waals surface area contributed by atoms with Gasteiger partial charge in [0.2, 0.25) is 0 Å².